The first-order valence-corrected chi connectivity index (χ1v) is 10.5. The summed E-state index contributed by atoms with van der Waals surface area (Å²) in [7, 11) is 4.22. The molecular weight excluding hydrogens is 394 g/mol. The number of benzene rings is 2. The Morgan fingerprint density at radius 3 is 2.64 bits per heavy atom. The van der Waals surface area contributed by atoms with Gasteiger partial charge in [-0.1, -0.05) is 35.1 Å². The fourth-order valence-electron chi connectivity index (χ4n) is 2.86. The van der Waals surface area contributed by atoms with Crippen molar-refractivity contribution in [2.75, 3.05) is 38.7 Å². The van der Waals surface area contributed by atoms with E-state index in [1.54, 1.807) is 40.5 Å². The van der Waals surface area contributed by atoms with E-state index in [0.717, 1.165) is 33.9 Å². The highest BCUT2D eigenvalue weighted by Gasteiger charge is 2.21. The summed E-state index contributed by atoms with van der Waals surface area (Å²) in [5.41, 5.74) is 2.07. The van der Waals surface area contributed by atoms with Crippen molar-refractivity contribution in [3.63, 3.8) is 0 Å². The molecule has 0 spiro atoms. The number of quaternary nitrogens is 1. The fraction of sp³-hybridized carbons (Fsp3) is 0.333. The highest BCUT2D eigenvalue weighted by molar-refractivity contribution is 7.22. The van der Waals surface area contributed by atoms with Crippen LogP contribution < -0.4 is 14.5 Å². The van der Waals surface area contributed by atoms with Crippen LogP contribution in [0, 0.1) is 6.92 Å². The molecule has 1 amide bonds. The third-order valence-electron chi connectivity index (χ3n) is 4.38. The zero-order valence-electron chi connectivity index (χ0n) is 16.4. The number of hydrogen-bond donors (Lipinski definition) is 1. The molecule has 1 N–H and O–H groups in total. The van der Waals surface area contributed by atoms with E-state index in [-0.39, 0.29) is 12.5 Å². The number of nitrogens with one attached hydrogen (secondary N) is 1. The van der Waals surface area contributed by atoms with Crippen molar-refractivity contribution < 1.29 is 14.4 Å². The molecule has 5 nitrogen and oxygen atoms in total. The van der Waals surface area contributed by atoms with Gasteiger partial charge in [-0.25, -0.2) is 4.98 Å². The van der Waals surface area contributed by atoms with Crippen molar-refractivity contribution in [3.05, 3.63) is 53.1 Å². The van der Waals surface area contributed by atoms with Crippen molar-refractivity contribution in [1.82, 2.24) is 4.98 Å². The van der Waals surface area contributed by atoms with Gasteiger partial charge in [-0.2, -0.15) is 0 Å². The van der Waals surface area contributed by atoms with E-state index in [9.17, 15) is 4.79 Å². The molecule has 0 aliphatic rings. The van der Waals surface area contributed by atoms with Gasteiger partial charge in [-0.05, 0) is 42.8 Å². The molecule has 0 saturated carbocycles. The SMILES string of the molecule is Cc1cccc2sc(N(CCC[NH+](C)C)C(=O)COc3ccc(Cl)cc3)nc12. The van der Waals surface area contributed by atoms with Crippen LogP contribution >= 0.6 is 22.9 Å². The van der Waals surface area contributed by atoms with Crippen molar-refractivity contribution in [2.24, 2.45) is 0 Å². The quantitative estimate of drug-likeness (QED) is 0.611. The second kappa shape index (κ2) is 9.37. The molecule has 0 atom stereocenters. The number of fused-ring (bicyclic) bond motifs is 1. The standard InChI is InChI=1S/C21H24ClN3O2S/c1-15-6-4-7-18-20(15)23-21(28-18)25(13-5-12-24(2)3)19(26)14-27-17-10-8-16(22)9-11-17/h4,6-11H,5,12-14H2,1-3H3/p+1. The molecule has 0 radical (unpaired) electrons. The van der Waals surface area contributed by atoms with Gasteiger partial charge in [-0.15, -0.1) is 0 Å². The molecule has 1 heterocycles. The van der Waals surface area contributed by atoms with Crippen LogP contribution in [0.25, 0.3) is 10.2 Å². The van der Waals surface area contributed by atoms with Gasteiger partial charge in [0.1, 0.15) is 5.75 Å². The lowest BCUT2D eigenvalue weighted by Gasteiger charge is -2.20. The largest absolute Gasteiger partial charge is 0.484 e. The Balaban J connectivity index is 1.77. The number of ether oxygens (including phenoxy) is 1. The molecule has 0 unspecified atom stereocenters. The summed E-state index contributed by atoms with van der Waals surface area (Å²) in [5, 5.41) is 1.36. The lowest BCUT2D eigenvalue weighted by Crippen LogP contribution is -3.05. The maximum atomic E-state index is 13.0. The lowest BCUT2D eigenvalue weighted by atomic mass is 10.2. The maximum absolute atomic E-state index is 13.0. The second-order valence-corrected chi connectivity index (χ2v) is 8.46. The van der Waals surface area contributed by atoms with Crippen molar-refractivity contribution in [2.45, 2.75) is 13.3 Å². The number of halogens is 1. The van der Waals surface area contributed by atoms with E-state index in [1.165, 1.54) is 4.90 Å². The molecule has 0 saturated heterocycles. The first-order valence-electron chi connectivity index (χ1n) is 9.28. The molecule has 28 heavy (non-hydrogen) atoms. The zero-order chi connectivity index (χ0) is 20.1. The van der Waals surface area contributed by atoms with Gasteiger partial charge in [0.25, 0.3) is 5.91 Å². The van der Waals surface area contributed by atoms with Crippen LogP contribution in [-0.2, 0) is 4.79 Å². The molecule has 2 aromatic carbocycles. The molecule has 148 valence electrons. The van der Waals surface area contributed by atoms with E-state index in [4.69, 9.17) is 21.3 Å². The normalized spacial score (nSPS) is 11.2. The van der Waals surface area contributed by atoms with Crippen LogP contribution in [-0.4, -0.2) is 44.7 Å². The highest BCUT2D eigenvalue weighted by atomic mass is 35.5. The van der Waals surface area contributed by atoms with Gasteiger partial charge in [0.05, 0.1) is 30.9 Å². The molecule has 3 aromatic rings. The summed E-state index contributed by atoms with van der Waals surface area (Å²) >= 11 is 7.44. The van der Waals surface area contributed by atoms with Crippen molar-refractivity contribution in [1.29, 1.82) is 0 Å². The maximum Gasteiger partial charge on any atom is 0.266 e. The third-order valence-corrected chi connectivity index (χ3v) is 5.67. The average molecular weight is 419 g/mol. The predicted molar refractivity (Wildman–Crippen MR) is 116 cm³/mol. The van der Waals surface area contributed by atoms with E-state index in [0.29, 0.717) is 17.3 Å². The van der Waals surface area contributed by atoms with Gasteiger partial charge >= 0.3 is 0 Å². The third kappa shape index (κ3) is 5.22. The number of aryl methyl sites for hydroxylation is 1. The molecular formula is C21H25ClN3O2S+. The van der Waals surface area contributed by atoms with Crippen LogP contribution in [0.2, 0.25) is 5.02 Å². The number of rotatable bonds is 8. The van der Waals surface area contributed by atoms with Gasteiger partial charge in [0.15, 0.2) is 11.7 Å². The average Bonchev–Trinajstić information content (AvgIpc) is 3.09. The first-order chi connectivity index (χ1) is 13.4. The number of aromatic nitrogens is 1. The number of carbonyl (C=O) groups excluding carboxylic acids is 1. The summed E-state index contributed by atoms with van der Waals surface area (Å²) in [6.07, 6.45) is 0.893. The molecule has 7 heteroatoms. The zero-order valence-corrected chi connectivity index (χ0v) is 17.9. The van der Waals surface area contributed by atoms with E-state index in [1.807, 2.05) is 25.1 Å². The van der Waals surface area contributed by atoms with Gasteiger partial charge in [-0.3, -0.25) is 9.69 Å². The van der Waals surface area contributed by atoms with Crippen LogP contribution in [0.3, 0.4) is 0 Å². The number of amides is 1. The number of nitrogens with zero attached hydrogens (tertiary/aromatic N) is 2. The highest BCUT2D eigenvalue weighted by Crippen LogP contribution is 2.30. The van der Waals surface area contributed by atoms with Crippen LogP contribution in [0.4, 0.5) is 5.13 Å². The smallest absolute Gasteiger partial charge is 0.266 e. The molecule has 0 bridgehead atoms. The Hall–Kier alpha value is -2.15. The first kappa shape index (κ1) is 20.6. The second-order valence-electron chi connectivity index (χ2n) is 7.02. The molecule has 0 aliphatic heterocycles. The Bertz CT molecular complexity index is 940. The van der Waals surface area contributed by atoms with Crippen molar-refractivity contribution >= 4 is 44.2 Å². The minimum absolute atomic E-state index is 0.0363. The Morgan fingerprint density at radius 2 is 1.96 bits per heavy atom. The molecule has 0 fully saturated rings. The number of carbonyl (C=O) groups is 1. The minimum atomic E-state index is -0.0968. The Kier molecular flexibility index (Phi) is 6.88. The molecule has 1 aromatic heterocycles. The summed E-state index contributed by atoms with van der Waals surface area (Å²) in [6.45, 7) is 3.60. The van der Waals surface area contributed by atoms with E-state index < -0.39 is 0 Å². The summed E-state index contributed by atoms with van der Waals surface area (Å²) in [6, 6.07) is 13.1. The van der Waals surface area contributed by atoms with Gasteiger partial charge in [0.2, 0.25) is 0 Å². The van der Waals surface area contributed by atoms with Gasteiger partial charge < -0.3 is 9.64 Å². The van der Waals surface area contributed by atoms with Crippen LogP contribution in [0.5, 0.6) is 5.75 Å². The number of hydrogen-bond acceptors (Lipinski definition) is 4. The minimum Gasteiger partial charge on any atom is -0.484 e. The summed E-state index contributed by atoms with van der Waals surface area (Å²) in [5.74, 6) is 0.524. The van der Waals surface area contributed by atoms with Crippen molar-refractivity contribution in [3.8, 4) is 5.75 Å². The predicted octanol–water partition coefficient (Wildman–Crippen LogP) is 3.20. The number of anilines is 1. The number of para-hydroxylation sites is 1. The molecule has 3 rings (SSSR count). The van der Waals surface area contributed by atoms with Crippen LogP contribution in [0.1, 0.15) is 12.0 Å². The van der Waals surface area contributed by atoms with E-state index in [2.05, 4.69) is 14.1 Å². The summed E-state index contributed by atoms with van der Waals surface area (Å²) < 4.78 is 6.76. The topological polar surface area (TPSA) is 46.9 Å². The Labute approximate surface area is 174 Å². The lowest BCUT2D eigenvalue weighted by molar-refractivity contribution is -0.858. The van der Waals surface area contributed by atoms with E-state index >= 15 is 0 Å². The Morgan fingerprint density at radius 1 is 1.21 bits per heavy atom. The fourth-order valence-corrected chi connectivity index (χ4v) is 4.07. The van der Waals surface area contributed by atoms with Crippen LogP contribution in [0.15, 0.2) is 42.5 Å². The monoisotopic (exact) mass is 418 g/mol. The summed E-state index contributed by atoms with van der Waals surface area (Å²) in [4.78, 5) is 20.8. The molecule has 0 aliphatic carbocycles. The number of thiazole rings is 1. The van der Waals surface area contributed by atoms with Gasteiger partial charge in [0, 0.05) is 18.0 Å².